The van der Waals surface area contributed by atoms with Crippen LogP contribution in [0.1, 0.15) is 29.9 Å². The van der Waals surface area contributed by atoms with Crippen LogP contribution in [0.4, 0.5) is 0 Å². The van der Waals surface area contributed by atoms with Crippen molar-refractivity contribution in [3.05, 3.63) is 71.8 Å². The molecule has 2 aromatic rings. The summed E-state index contributed by atoms with van der Waals surface area (Å²) in [5.74, 6) is -0.855. The molecule has 0 unspecified atom stereocenters. The molecule has 1 saturated heterocycles. The van der Waals surface area contributed by atoms with Crippen LogP contribution in [0.2, 0.25) is 0 Å². The minimum absolute atomic E-state index is 0.0580. The zero-order valence-corrected chi connectivity index (χ0v) is 15.8. The average molecular weight is 366 g/mol. The Morgan fingerprint density at radius 1 is 1.04 bits per heavy atom. The third-order valence-electron chi connectivity index (χ3n) is 5.28. The summed E-state index contributed by atoms with van der Waals surface area (Å²) in [6.07, 6.45) is 1.37. The number of carbonyl (C=O) groups excluding carboxylic acids is 2. The monoisotopic (exact) mass is 366 g/mol. The molecule has 5 nitrogen and oxygen atoms in total. The smallest absolute Gasteiger partial charge is 0.328 e. The first-order valence-electron chi connectivity index (χ1n) is 9.31. The van der Waals surface area contributed by atoms with E-state index in [1.54, 1.807) is 4.90 Å². The lowest BCUT2D eigenvalue weighted by atomic mass is 9.87. The maximum atomic E-state index is 13.6. The quantitative estimate of drug-likeness (QED) is 0.827. The van der Waals surface area contributed by atoms with Crippen molar-refractivity contribution in [1.82, 2.24) is 10.2 Å². The SMILES string of the molecule is CN[C@@H]1CCN(C(=O)C(c2ccccc2)c2ccccc2)[C@H](C(=O)OC)C1. The van der Waals surface area contributed by atoms with Crippen LogP contribution >= 0.6 is 0 Å². The highest BCUT2D eigenvalue weighted by molar-refractivity contribution is 5.91. The van der Waals surface area contributed by atoms with Crippen LogP contribution in [0.15, 0.2) is 60.7 Å². The zero-order chi connectivity index (χ0) is 19.2. The van der Waals surface area contributed by atoms with Gasteiger partial charge in [0, 0.05) is 12.6 Å². The van der Waals surface area contributed by atoms with E-state index in [4.69, 9.17) is 4.74 Å². The van der Waals surface area contributed by atoms with Crippen molar-refractivity contribution in [2.24, 2.45) is 0 Å². The molecule has 0 aliphatic carbocycles. The molecule has 1 heterocycles. The lowest BCUT2D eigenvalue weighted by Gasteiger charge is -2.39. The summed E-state index contributed by atoms with van der Waals surface area (Å²) in [5.41, 5.74) is 1.85. The molecule has 5 heteroatoms. The summed E-state index contributed by atoms with van der Waals surface area (Å²) >= 11 is 0. The summed E-state index contributed by atoms with van der Waals surface area (Å²) in [4.78, 5) is 27.7. The van der Waals surface area contributed by atoms with E-state index in [-0.39, 0.29) is 17.9 Å². The summed E-state index contributed by atoms with van der Waals surface area (Å²) in [6.45, 7) is 0.528. The van der Waals surface area contributed by atoms with Gasteiger partial charge in [0.25, 0.3) is 0 Å². The second-order valence-electron chi connectivity index (χ2n) is 6.83. The number of amides is 1. The van der Waals surface area contributed by atoms with Crippen molar-refractivity contribution in [1.29, 1.82) is 0 Å². The van der Waals surface area contributed by atoms with Gasteiger partial charge < -0.3 is 15.0 Å². The van der Waals surface area contributed by atoms with E-state index in [9.17, 15) is 9.59 Å². The molecule has 1 aliphatic rings. The molecule has 0 aromatic heterocycles. The molecule has 2 atom stereocenters. The third kappa shape index (κ3) is 4.19. The second-order valence-corrected chi connectivity index (χ2v) is 6.83. The number of piperidine rings is 1. The molecule has 0 bridgehead atoms. The van der Waals surface area contributed by atoms with Gasteiger partial charge in [-0.05, 0) is 31.0 Å². The molecule has 142 valence electrons. The minimum Gasteiger partial charge on any atom is -0.467 e. The van der Waals surface area contributed by atoms with Crippen LogP contribution in [0, 0.1) is 0 Å². The predicted octanol–water partition coefficient (Wildman–Crippen LogP) is 2.57. The van der Waals surface area contributed by atoms with Gasteiger partial charge in [-0.25, -0.2) is 4.79 Å². The lowest BCUT2D eigenvalue weighted by molar-refractivity contribution is -0.155. The van der Waals surface area contributed by atoms with E-state index in [0.717, 1.165) is 17.5 Å². The Morgan fingerprint density at radius 2 is 1.59 bits per heavy atom. The number of nitrogens with zero attached hydrogens (tertiary/aromatic N) is 1. The standard InChI is InChI=1S/C22H26N2O3/c1-23-18-13-14-24(19(15-18)22(26)27-2)21(25)20(16-9-5-3-6-10-16)17-11-7-4-8-12-17/h3-12,18-20,23H,13-15H2,1-2H3/t18-,19+/m1/s1. The van der Waals surface area contributed by atoms with Gasteiger partial charge in [-0.2, -0.15) is 0 Å². The predicted molar refractivity (Wildman–Crippen MR) is 104 cm³/mol. The molecule has 0 radical (unpaired) electrons. The van der Waals surface area contributed by atoms with E-state index >= 15 is 0 Å². The number of ether oxygens (including phenoxy) is 1. The zero-order valence-electron chi connectivity index (χ0n) is 15.8. The first kappa shape index (κ1) is 19.1. The molecule has 27 heavy (non-hydrogen) atoms. The molecule has 0 saturated carbocycles. The Bertz CT molecular complexity index is 724. The number of hydrogen-bond donors (Lipinski definition) is 1. The second kappa shape index (κ2) is 8.82. The Morgan fingerprint density at radius 3 is 2.07 bits per heavy atom. The van der Waals surface area contributed by atoms with Gasteiger partial charge in [0.2, 0.25) is 5.91 Å². The van der Waals surface area contributed by atoms with Gasteiger partial charge in [-0.15, -0.1) is 0 Å². The summed E-state index contributed by atoms with van der Waals surface area (Å²) in [5, 5.41) is 3.22. The van der Waals surface area contributed by atoms with Crippen LogP contribution in [-0.4, -0.2) is 49.6 Å². The van der Waals surface area contributed by atoms with Crippen LogP contribution in [0.3, 0.4) is 0 Å². The summed E-state index contributed by atoms with van der Waals surface area (Å²) in [7, 11) is 3.26. The van der Waals surface area contributed by atoms with Crippen molar-refractivity contribution >= 4 is 11.9 Å². The summed E-state index contributed by atoms with van der Waals surface area (Å²) in [6, 6.07) is 19.1. The molecular weight excluding hydrogens is 340 g/mol. The summed E-state index contributed by atoms with van der Waals surface area (Å²) < 4.78 is 4.99. The van der Waals surface area contributed by atoms with Crippen molar-refractivity contribution < 1.29 is 14.3 Å². The first-order valence-corrected chi connectivity index (χ1v) is 9.31. The van der Waals surface area contributed by atoms with Crippen LogP contribution in [0.25, 0.3) is 0 Å². The largest absolute Gasteiger partial charge is 0.467 e. The first-order chi connectivity index (χ1) is 13.2. The van der Waals surface area contributed by atoms with Crippen LogP contribution in [-0.2, 0) is 14.3 Å². The molecule has 2 aromatic carbocycles. The normalized spacial score (nSPS) is 19.7. The number of rotatable bonds is 5. The Kier molecular flexibility index (Phi) is 6.24. The fourth-order valence-corrected chi connectivity index (χ4v) is 3.79. The van der Waals surface area contributed by atoms with E-state index in [1.807, 2.05) is 67.7 Å². The van der Waals surface area contributed by atoms with Crippen molar-refractivity contribution in [2.75, 3.05) is 20.7 Å². The third-order valence-corrected chi connectivity index (χ3v) is 5.28. The van der Waals surface area contributed by atoms with Gasteiger partial charge in [-0.1, -0.05) is 60.7 Å². The topological polar surface area (TPSA) is 58.6 Å². The number of methoxy groups -OCH3 is 1. The minimum atomic E-state index is -0.566. The molecule has 1 amide bonds. The molecule has 0 spiro atoms. The van der Waals surface area contributed by atoms with Crippen LogP contribution in [0.5, 0.6) is 0 Å². The van der Waals surface area contributed by atoms with Crippen LogP contribution < -0.4 is 5.32 Å². The Hall–Kier alpha value is -2.66. The van der Waals surface area contributed by atoms with E-state index < -0.39 is 12.0 Å². The highest BCUT2D eigenvalue weighted by atomic mass is 16.5. The lowest BCUT2D eigenvalue weighted by Crippen LogP contribution is -2.55. The Balaban J connectivity index is 1.96. The molecule has 1 aliphatic heterocycles. The average Bonchev–Trinajstić information content (AvgIpc) is 2.74. The van der Waals surface area contributed by atoms with E-state index in [0.29, 0.717) is 13.0 Å². The van der Waals surface area contributed by atoms with Crippen molar-refractivity contribution in [3.63, 3.8) is 0 Å². The molecule has 1 N–H and O–H groups in total. The molecule has 1 fully saturated rings. The van der Waals surface area contributed by atoms with Crippen molar-refractivity contribution in [2.45, 2.75) is 30.8 Å². The Labute approximate surface area is 160 Å². The molecule has 3 rings (SSSR count). The fraction of sp³-hybridized carbons (Fsp3) is 0.364. The maximum Gasteiger partial charge on any atom is 0.328 e. The van der Waals surface area contributed by atoms with Gasteiger partial charge in [0.05, 0.1) is 13.0 Å². The maximum absolute atomic E-state index is 13.6. The highest BCUT2D eigenvalue weighted by Crippen LogP contribution is 2.30. The van der Waals surface area contributed by atoms with Gasteiger partial charge >= 0.3 is 5.97 Å². The van der Waals surface area contributed by atoms with E-state index in [2.05, 4.69) is 5.32 Å². The van der Waals surface area contributed by atoms with Crippen molar-refractivity contribution in [3.8, 4) is 0 Å². The number of esters is 1. The number of hydrogen-bond acceptors (Lipinski definition) is 4. The number of carbonyl (C=O) groups is 2. The highest BCUT2D eigenvalue weighted by Gasteiger charge is 2.39. The number of likely N-dealkylation sites (tertiary alicyclic amines) is 1. The van der Waals surface area contributed by atoms with Gasteiger partial charge in [-0.3, -0.25) is 4.79 Å². The number of nitrogens with one attached hydrogen (secondary N) is 1. The van der Waals surface area contributed by atoms with Gasteiger partial charge in [0.1, 0.15) is 6.04 Å². The fourth-order valence-electron chi connectivity index (χ4n) is 3.79. The van der Waals surface area contributed by atoms with E-state index in [1.165, 1.54) is 7.11 Å². The number of benzene rings is 2. The molecular formula is C22H26N2O3. The van der Waals surface area contributed by atoms with Gasteiger partial charge in [0.15, 0.2) is 0 Å².